The first-order valence-electron chi connectivity index (χ1n) is 9.10. The number of amides is 1. The molecule has 1 aliphatic heterocycles. The van der Waals surface area contributed by atoms with Gasteiger partial charge in [0.25, 0.3) is 11.5 Å². The number of hydrogen-bond acceptors (Lipinski definition) is 5. The van der Waals surface area contributed by atoms with Crippen molar-refractivity contribution in [1.82, 2.24) is 14.9 Å². The molecule has 4 rings (SSSR count). The maximum absolute atomic E-state index is 13.3. The maximum atomic E-state index is 13.3. The van der Waals surface area contributed by atoms with E-state index in [1.165, 1.54) is 17.7 Å². The third kappa shape index (κ3) is 3.12. The number of ether oxygens (including phenoxy) is 1. The van der Waals surface area contributed by atoms with Gasteiger partial charge >= 0.3 is 0 Å². The Morgan fingerprint density at radius 3 is 2.85 bits per heavy atom. The second-order valence-corrected chi connectivity index (χ2v) is 7.63. The number of aromatic amines is 1. The Hall–Kier alpha value is -2.67. The quantitative estimate of drug-likeness (QED) is 0.746. The summed E-state index contributed by atoms with van der Waals surface area (Å²) in [6.07, 6.45) is 3.28. The maximum Gasteiger partial charge on any atom is 0.264 e. The third-order valence-corrected chi connectivity index (χ3v) is 6.20. The molecule has 3 heterocycles. The lowest BCUT2D eigenvalue weighted by atomic mass is 10.0. The zero-order chi connectivity index (χ0) is 19.0. The summed E-state index contributed by atoms with van der Waals surface area (Å²) in [6, 6.07) is 8.02. The number of aromatic nitrogens is 2. The van der Waals surface area contributed by atoms with Gasteiger partial charge in [0.05, 0.1) is 29.2 Å². The Labute approximate surface area is 160 Å². The van der Waals surface area contributed by atoms with Gasteiger partial charge in [-0.15, -0.1) is 11.3 Å². The summed E-state index contributed by atoms with van der Waals surface area (Å²) in [5.74, 6) is 0.814. The standard InChI is InChI=1S/C20H21N3O3S/c1-3-26-14-8-6-13(7-9-14)15-5-4-10-23(15)20(25)17-12(2)16-18(24)21-11-22-19(16)27-17/h6-9,11,15H,3-5,10H2,1-2H3,(H,21,22,24)/t15-/m0/s1. The Morgan fingerprint density at radius 2 is 2.15 bits per heavy atom. The molecule has 0 radical (unpaired) electrons. The summed E-state index contributed by atoms with van der Waals surface area (Å²) in [6.45, 7) is 5.13. The van der Waals surface area contributed by atoms with Gasteiger partial charge in [0.2, 0.25) is 0 Å². The molecule has 2 aromatic heterocycles. The first-order chi connectivity index (χ1) is 13.1. The molecule has 1 atom stereocenters. The van der Waals surface area contributed by atoms with Crippen molar-refractivity contribution in [2.45, 2.75) is 32.7 Å². The predicted octanol–water partition coefficient (Wildman–Crippen LogP) is 3.67. The summed E-state index contributed by atoms with van der Waals surface area (Å²) >= 11 is 1.30. The van der Waals surface area contributed by atoms with Crippen LogP contribution >= 0.6 is 11.3 Å². The fraction of sp³-hybridized carbons (Fsp3) is 0.350. The summed E-state index contributed by atoms with van der Waals surface area (Å²) in [7, 11) is 0. The highest BCUT2D eigenvalue weighted by molar-refractivity contribution is 7.20. The normalized spacial score (nSPS) is 16.8. The van der Waals surface area contributed by atoms with Crippen molar-refractivity contribution in [2.75, 3.05) is 13.2 Å². The Bertz CT molecular complexity index is 1040. The van der Waals surface area contributed by atoms with E-state index in [9.17, 15) is 9.59 Å². The van der Waals surface area contributed by atoms with Crippen LogP contribution in [0.25, 0.3) is 10.2 Å². The molecule has 0 spiro atoms. The van der Waals surface area contributed by atoms with Crippen LogP contribution in [-0.4, -0.2) is 33.9 Å². The fourth-order valence-electron chi connectivity index (χ4n) is 3.72. The number of nitrogens with zero attached hydrogens (tertiary/aromatic N) is 2. The van der Waals surface area contributed by atoms with Crippen LogP contribution < -0.4 is 10.3 Å². The van der Waals surface area contributed by atoms with E-state index in [-0.39, 0.29) is 17.5 Å². The van der Waals surface area contributed by atoms with Crippen molar-refractivity contribution in [1.29, 1.82) is 0 Å². The lowest BCUT2D eigenvalue weighted by Crippen LogP contribution is -2.30. The number of thiophene rings is 1. The molecule has 1 amide bonds. The van der Waals surface area contributed by atoms with E-state index in [4.69, 9.17) is 4.74 Å². The molecule has 7 heteroatoms. The van der Waals surface area contributed by atoms with E-state index in [1.807, 2.05) is 43.0 Å². The molecular weight excluding hydrogens is 362 g/mol. The molecule has 1 aromatic carbocycles. The Kier molecular flexibility index (Phi) is 4.70. The number of carbonyl (C=O) groups is 1. The van der Waals surface area contributed by atoms with E-state index in [0.717, 1.165) is 24.2 Å². The number of rotatable bonds is 4. The predicted molar refractivity (Wildman–Crippen MR) is 106 cm³/mol. The average Bonchev–Trinajstić information content (AvgIpc) is 3.28. The first-order valence-corrected chi connectivity index (χ1v) is 9.92. The molecule has 27 heavy (non-hydrogen) atoms. The molecule has 0 saturated carbocycles. The van der Waals surface area contributed by atoms with Crippen molar-refractivity contribution in [2.24, 2.45) is 0 Å². The zero-order valence-electron chi connectivity index (χ0n) is 15.3. The van der Waals surface area contributed by atoms with Crippen molar-refractivity contribution >= 4 is 27.5 Å². The van der Waals surface area contributed by atoms with E-state index in [0.29, 0.717) is 33.8 Å². The monoisotopic (exact) mass is 383 g/mol. The van der Waals surface area contributed by atoms with Crippen LogP contribution in [-0.2, 0) is 0 Å². The van der Waals surface area contributed by atoms with Crippen molar-refractivity contribution in [3.63, 3.8) is 0 Å². The number of hydrogen-bond donors (Lipinski definition) is 1. The summed E-state index contributed by atoms with van der Waals surface area (Å²) in [5.41, 5.74) is 1.63. The minimum Gasteiger partial charge on any atom is -0.494 e. The van der Waals surface area contributed by atoms with E-state index in [2.05, 4.69) is 9.97 Å². The van der Waals surface area contributed by atoms with Gasteiger partial charge < -0.3 is 14.6 Å². The van der Waals surface area contributed by atoms with Gasteiger partial charge in [-0.3, -0.25) is 9.59 Å². The summed E-state index contributed by atoms with van der Waals surface area (Å²) in [4.78, 5) is 35.3. The van der Waals surface area contributed by atoms with Gasteiger partial charge in [0.1, 0.15) is 10.6 Å². The van der Waals surface area contributed by atoms with Gasteiger partial charge in [0, 0.05) is 6.54 Å². The topological polar surface area (TPSA) is 75.3 Å². The SMILES string of the molecule is CCOc1ccc([C@@H]2CCCN2C(=O)c2sc3nc[nH]c(=O)c3c2C)cc1. The molecule has 1 N–H and O–H groups in total. The average molecular weight is 383 g/mol. The second-order valence-electron chi connectivity index (χ2n) is 6.63. The molecule has 0 aliphatic carbocycles. The van der Waals surface area contributed by atoms with Crippen molar-refractivity contribution in [3.05, 3.63) is 57.0 Å². The number of benzene rings is 1. The molecular formula is C20H21N3O3S. The van der Waals surface area contributed by atoms with E-state index >= 15 is 0 Å². The molecule has 6 nitrogen and oxygen atoms in total. The van der Waals surface area contributed by atoms with Crippen LogP contribution in [0.1, 0.15) is 46.6 Å². The first kappa shape index (κ1) is 17.7. The number of carbonyl (C=O) groups excluding carboxylic acids is 1. The minimum absolute atomic E-state index is 0.0220. The molecule has 1 aliphatic rings. The number of H-pyrrole nitrogens is 1. The van der Waals surface area contributed by atoms with Crippen LogP contribution in [0.2, 0.25) is 0 Å². The van der Waals surface area contributed by atoms with Gasteiger partial charge in [-0.25, -0.2) is 4.98 Å². The Morgan fingerprint density at radius 1 is 1.37 bits per heavy atom. The molecule has 1 fully saturated rings. The highest BCUT2D eigenvalue weighted by Crippen LogP contribution is 2.36. The second kappa shape index (κ2) is 7.15. The highest BCUT2D eigenvalue weighted by atomic mass is 32.1. The van der Waals surface area contributed by atoms with Gasteiger partial charge in [-0.2, -0.15) is 0 Å². The van der Waals surface area contributed by atoms with Crippen molar-refractivity contribution in [3.8, 4) is 5.75 Å². The van der Waals surface area contributed by atoms with Gasteiger partial charge in [-0.05, 0) is 49.9 Å². The number of nitrogens with one attached hydrogen (secondary N) is 1. The van der Waals surface area contributed by atoms with Gasteiger partial charge in [0.15, 0.2) is 0 Å². The molecule has 140 valence electrons. The Balaban J connectivity index is 1.66. The lowest BCUT2D eigenvalue weighted by Gasteiger charge is -2.25. The van der Waals surface area contributed by atoms with Crippen LogP contribution in [0.15, 0.2) is 35.4 Å². The van der Waals surface area contributed by atoms with E-state index < -0.39 is 0 Å². The number of fused-ring (bicyclic) bond motifs is 1. The van der Waals surface area contributed by atoms with E-state index in [1.54, 1.807) is 0 Å². The largest absolute Gasteiger partial charge is 0.494 e. The highest BCUT2D eigenvalue weighted by Gasteiger charge is 2.32. The summed E-state index contributed by atoms with van der Waals surface area (Å²) in [5, 5.41) is 0.516. The van der Waals surface area contributed by atoms with Crippen LogP contribution in [0.4, 0.5) is 0 Å². The van der Waals surface area contributed by atoms with Crippen LogP contribution in [0, 0.1) is 6.92 Å². The molecule has 0 bridgehead atoms. The van der Waals surface area contributed by atoms with Crippen LogP contribution in [0.3, 0.4) is 0 Å². The minimum atomic E-state index is -0.197. The zero-order valence-corrected chi connectivity index (χ0v) is 16.1. The number of aryl methyl sites for hydroxylation is 1. The number of likely N-dealkylation sites (tertiary alicyclic amines) is 1. The van der Waals surface area contributed by atoms with Gasteiger partial charge in [-0.1, -0.05) is 12.1 Å². The smallest absolute Gasteiger partial charge is 0.264 e. The third-order valence-electron chi connectivity index (χ3n) is 5.02. The fourth-order valence-corrected chi connectivity index (χ4v) is 4.83. The molecule has 0 unspecified atom stereocenters. The van der Waals surface area contributed by atoms with Crippen LogP contribution in [0.5, 0.6) is 5.75 Å². The van der Waals surface area contributed by atoms with Crippen molar-refractivity contribution < 1.29 is 9.53 Å². The lowest BCUT2D eigenvalue weighted by molar-refractivity contribution is 0.0740. The molecule has 3 aromatic rings. The summed E-state index contributed by atoms with van der Waals surface area (Å²) < 4.78 is 5.51. The molecule has 1 saturated heterocycles.